The molecule has 0 atom stereocenters. The first kappa shape index (κ1) is 15.1. The van der Waals surface area contributed by atoms with Crippen LogP contribution in [0.1, 0.15) is 11.3 Å². The molecule has 106 valence electrons. The summed E-state index contributed by atoms with van der Waals surface area (Å²) >= 11 is 4.82. The van der Waals surface area contributed by atoms with Gasteiger partial charge in [0.2, 0.25) is 0 Å². The fourth-order valence-electron chi connectivity index (χ4n) is 1.88. The van der Waals surface area contributed by atoms with Gasteiger partial charge in [0.1, 0.15) is 0 Å². The molecule has 2 rings (SSSR count). The standard InChI is InChI=1S/C14H15BrN2O2S/c1-16-11(8-15)12(13(18)17(2)14(16)19)20-9-10-6-4-3-5-7-10/h3-7H,8-9H2,1-2H3. The van der Waals surface area contributed by atoms with Crippen molar-refractivity contribution in [2.75, 3.05) is 0 Å². The predicted octanol–water partition coefficient (Wildman–Crippen LogP) is 2.27. The summed E-state index contributed by atoms with van der Waals surface area (Å²) < 4.78 is 2.67. The Bertz CT molecular complexity index is 722. The first-order valence-corrected chi connectivity index (χ1v) is 8.18. The summed E-state index contributed by atoms with van der Waals surface area (Å²) in [6.07, 6.45) is 0. The molecule has 0 aliphatic carbocycles. The molecule has 1 aromatic heterocycles. The molecule has 0 spiro atoms. The van der Waals surface area contributed by atoms with E-state index in [1.807, 2.05) is 30.3 Å². The van der Waals surface area contributed by atoms with Crippen molar-refractivity contribution in [3.05, 3.63) is 62.4 Å². The van der Waals surface area contributed by atoms with Crippen molar-refractivity contribution in [2.24, 2.45) is 14.1 Å². The molecule has 1 heterocycles. The second-order valence-corrected chi connectivity index (χ2v) is 5.94. The minimum atomic E-state index is -0.298. The summed E-state index contributed by atoms with van der Waals surface area (Å²) in [6.45, 7) is 0. The molecular weight excluding hydrogens is 340 g/mol. The maximum atomic E-state index is 12.3. The van der Waals surface area contributed by atoms with Crippen LogP contribution in [0.3, 0.4) is 0 Å². The highest BCUT2D eigenvalue weighted by molar-refractivity contribution is 9.08. The molecule has 2 aromatic rings. The van der Waals surface area contributed by atoms with Crippen molar-refractivity contribution in [3.63, 3.8) is 0 Å². The van der Waals surface area contributed by atoms with Crippen molar-refractivity contribution in [1.29, 1.82) is 0 Å². The van der Waals surface area contributed by atoms with Crippen molar-refractivity contribution < 1.29 is 0 Å². The van der Waals surface area contributed by atoms with E-state index in [4.69, 9.17) is 0 Å². The zero-order chi connectivity index (χ0) is 14.7. The molecular formula is C14H15BrN2O2S. The lowest BCUT2D eigenvalue weighted by molar-refractivity contribution is 0.639. The van der Waals surface area contributed by atoms with Gasteiger partial charge in [-0.15, -0.1) is 11.8 Å². The Labute approximate surface area is 129 Å². The summed E-state index contributed by atoms with van der Waals surface area (Å²) in [4.78, 5) is 24.8. The van der Waals surface area contributed by atoms with Gasteiger partial charge in [0.15, 0.2) is 0 Å². The maximum absolute atomic E-state index is 12.3. The molecule has 6 heteroatoms. The molecule has 0 aliphatic rings. The van der Waals surface area contributed by atoms with E-state index < -0.39 is 0 Å². The number of thioether (sulfide) groups is 1. The van der Waals surface area contributed by atoms with Gasteiger partial charge in [-0.05, 0) is 5.56 Å². The van der Waals surface area contributed by atoms with Gasteiger partial charge in [0, 0.05) is 25.2 Å². The number of hydrogen-bond acceptors (Lipinski definition) is 3. The second kappa shape index (κ2) is 6.45. The van der Waals surface area contributed by atoms with Crippen LogP contribution >= 0.6 is 27.7 Å². The van der Waals surface area contributed by atoms with E-state index in [0.717, 1.165) is 15.8 Å². The van der Waals surface area contributed by atoms with E-state index in [1.165, 1.54) is 23.4 Å². The van der Waals surface area contributed by atoms with E-state index in [-0.39, 0.29) is 11.2 Å². The lowest BCUT2D eigenvalue weighted by atomic mass is 10.2. The number of aromatic nitrogens is 2. The highest BCUT2D eigenvalue weighted by Gasteiger charge is 2.15. The van der Waals surface area contributed by atoms with Crippen LogP contribution in [-0.4, -0.2) is 9.13 Å². The molecule has 0 radical (unpaired) electrons. The van der Waals surface area contributed by atoms with Crippen LogP contribution in [0.5, 0.6) is 0 Å². The predicted molar refractivity (Wildman–Crippen MR) is 85.6 cm³/mol. The van der Waals surface area contributed by atoms with Crippen LogP contribution in [0, 0.1) is 0 Å². The maximum Gasteiger partial charge on any atom is 0.330 e. The lowest BCUT2D eigenvalue weighted by Gasteiger charge is -2.12. The highest BCUT2D eigenvalue weighted by atomic mass is 79.9. The Kier molecular flexibility index (Phi) is 4.88. The van der Waals surface area contributed by atoms with Crippen LogP contribution in [-0.2, 0) is 25.2 Å². The smallest absolute Gasteiger partial charge is 0.299 e. The molecule has 0 saturated heterocycles. The molecule has 0 unspecified atom stereocenters. The molecule has 20 heavy (non-hydrogen) atoms. The minimum absolute atomic E-state index is 0.233. The molecule has 0 amide bonds. The third-order valence-corrected chi connectivity index (χ3v) is 4.80. The molecule has 0 fully saturated rings. The number of benzene rings is 1. The van der Waals surface area contributed by atoms with Crippen LogP contribution in [0.15, 0.2) is 44.8 Å². The van der Waals surface area contributed by atoms with E-state index in [1.54, 1.807) is 7.05 Å². The quantitative estimate of drug-likeness (QED) is 0.624. The first-order chi connectivity index (χ1) is 9.56. The SMILES string of the molecule is Cn1c(CBr)c(SCc2ccccc2)c(=O)n(C)c1=O. The molecule has 1 aromatic carbocycles. The van der Waals surface area contributed by atoms with Crippen molar-refractivity contribution in [1.82, 2.24) is 9.13 Å². The summed E-state index contributed by atoms with van der Waals surface area (Å²) in [5.41, 5.74) is 1.34. The van der Waals surface area contributed by atoms with Crippen molar-refractivity contribution in [2.45, 2.75) is 16.0 Å². The van der Waals surface area contributed by atoms with E-state index >= 15 is 0 Å². The number of rotatable bonds is 4. The first-order valence-electron chi connectivity index (χ1n) is 6.07. The average molecular weight is 355 g/mol. The van der Waals surface area contributed by atoms with Gasteiger partial charge in [0.05, 0.1) is 10.6 Å². The summed E-state index contributed by atoms with van der Waals surface area (Å²) in [5, 5.41) is 0.478. The van der Waals surface area contributed by atoms with Gasteiger partial charge in [0.25, 0.3) is 5.56 Å². The minimum Gasteiger partial charge on any atom is -0.299 e. The van der Waals surface area contributed by atoms with Crippen molar-refractivity contribution >= 4 is 27.7 Å². The zero-order valence-corrected chi connectivity index (χ0v) is 13.7. The molecule has 0 aliphatic heterocycles. The average Bonchev–Trinajstić information content (AvgIpc) is 2.48. The summed E-state index contributed by atoms with van der Waals surface area (Å²) in [6, 6.07) is 9.95. The van der Waals surface area contributed by atoms with Crippen LogP contribution in [0.2, 0.25) is 0 Å². The Morgan fingerprint density at radius 1 is 1.10 bits per heavy atom. The lowest BCUT2D eigenvalue weighted by Crippen LogP contribution is -2.39. The van der Waals surface area contributed by atoms with Crippen molar-refractivity contribution in [3.8, 4) is 0 Å². The van der Waals surface area contributed by atoms with Gasteiger partial charge in [-0.1, -0.05) is 46.3 Å². The fourth-order valence-corrected chi connectivity index (χ4v) is 3.86. The number of hydrogen-bond donors (Lipinski definition) is 0. The van der Waals surface area contributed by atoms with E-state index in [9.17, 15) is 9.59 Å². The Morgan fingerprint density at radius 3 is 2.35 bits per heavy atom. The normalized spacial score (nSPS) is 10.8. The topological polar surface area (TPSA) is 44.0 Å². The number of alkyl halides is 1. The number of nitrogens with zero attached hydrogens (tertiary/aromatic N) is 2. The van der Waals surface area contributed by atoms with Gasteiger partial charge >= 0.3 is 5.69 Å². The molecule has 0 N–H and O–H groups in total. The van der Waals surface area contributed by atoms with E-state index in [0.29, 0.717) is 16.0 Å². The molecule has 0 saturated carbocycles. The van der Waals surface area contributed by atoms with Crippen LogP contribution < -0.4 is 11.2 Å². The molecule has 0 bridgehead atoms. The van der Waals surface area contributed by atoms with E-state index in [2.05, 4.69) is 15.9 Å². The summed E-state index contributed by atoms with van der Waals surface area (Å²) in [7, 11) is 3.19. The third kappa shape index (κ3) is 2.91. The van der Waals surface area contributed by atoms with Gasteiger partial charge in [-0.2, -0.15) is 0 Å². The molecule has 4 nitrogen and oxygen atoms in total. The number of halogens is 1. The second-order valence-electron chi connectivity index (χ2n) is 4.39. The van der Waals surface area contributed by atoms with Gasteiger partial charge in [-0.3, -0.25) is 13.9 Å². The Balaban J connectivity index is 2.41. The Hall–Kier alpha value is -1.27. The third-order valence-electron chi connectivity index (χ3n) is 3.09. The van der Waals surface area contributed by atoms with Gasteiger partial charge in [-0.25, -0.2) is 4.79 Å². The Morgan fingerprint density at radius 2 is 1.75 bits per heavy atom. The monoisotopic (exact) mass is 354 g/mol. The van der Waals surface area contributed by atoms with Gasteiger partial charge < -0.3 is 0 Å². The van der Waals surface area contributed by atoms with Crippen LogP contribution in [0.25, 0.3) is 0 Å². The highest BCUT2D eigenvalue weighted by Crippen LogP contribution is 2.23. The fraction of sp³-hybridized carbons (Fsp3) is 0.286. The summed E-state index contributed by atoms with van der Waals surface area (Å²) in [5.74, 6) is 0.703. The largest absolute Gasteiger partial charge is 0.330 e. The zero-order valence-electron chi connectivity index (χ0n) is 11.3. The van der Waals surface area contributed by atoms with Crippen LogP contribution in [0.4, 0.5) is 0 Å².